The summed E-state index contributed by atoms with van der Waals surface area (Å²) in [4.78, 5) is 11.3. The second-order valence-corrected chi connectivity index (χ2v) is 5.40. The predicted molar refractivity (Wildman–Crippen MR) is 88.1 cm³/mol. The van der Waals surface area contributed by atoms with Crippen molar-refractivity contribution in [3.63, 3.8) is 0 Å². The normalized spacial score (nSPS) is 13.1. The highest BCUT2D eigenvalue weighted by Crippen LogP contribution is 2.05. The third kappa shape index (κ3) is 15.1. The zero-order valence-corrected chi connectivity index (χ0v) is 13.7. The first-order valence-electron chi connectivity index (χ1n) is 8.30. The van der Waals surface area contributed by atoms with Gasteiger partial charge in [-0.15, -0.1) is 0 Å². The number of unbranched alkanes of at least 4 members (excludes halogenated alkanes) is 4. The zero-order chi connectivity index (χ0) is 15.8. The van der Waals surface area contributed by atoms with E-state index in [0.717, 1.165) is 12.8 Å². The molecule has 0 fully saturated rings. The molecule has 0 aliphatic heterocycles. The van der Waals surface area contributed by atoms with Crippen molar-refractivity contribution >= 4 is 5.97 Å². The largest absolute Gasteiger partial charge is 0.465 e. The van der Waals surface area contributed by atoms with Crippen molar-refractivity contribution in [2.45, 2.75) is 65.2 Å². The van der Waals surface area contributed by atoms with Gasteiger partial charge in [-0.2, -0.15) is 0 Å². The highest BCUT2D eigenvalue weighted by atomic mass is 16.5. The van der Waals surface area contributed by atoms with Crippen LogP contribution in [0.2, 0.25) is 0 Å². The van der Waals surface area contributed by atoms with Crippen molar-refractivity contribution in [1.82, 2.24) is 0 Å². The molecule has 1 N–H and O–H groups in total. The fraction of sp³-hybridized carbons (Fsp3) is 0.722. The first-order chi connectivity index (χ1) is 10.2. The number of esters is 1. The molecule has 122 valence electrons. The maximum atomic E-state index is 11.3. The number of rotatable bonds is 13. The predicted octanol–water partition coefficient (Wildman–Crippen LogP) is 4.41. The van der Waals surface area contributed by atoms with Crippen LogP contribution in [-0.4, -0.2) is 24.3 Å². The van der Waals surface area contributed by atoms with Crippen molar-refractivity contribution in [2.24, 2.45) is 5.92 Å². The second kappa shape index (κ2) is 15.3. The molecule has 0 aliphatic rings. The summed E-state index contributed by atoms with van der Waals surface area (Å²) in [6.45, 7) is 4.96. The van der Waals surface area contributed by atoms with E-state index in [2.05, 4.69) is 38.2 Å². The monoisotopic (exact) mass is 296 g/mol. The Morgan fingerprint density at radius 3 is 2.48 bits per heavy atom. The molecule has 1 atom stereocenters. The van der Waals surface area contributed by atoms with Gasteiger partial charge in [0.15, 0.2) is 0 Å². The van der Waals surface area contributed by atoms with Crippen molar-refractivity contribution < 1.29 is 14.6 Å². The molecule has 0 rings (SSSR count). The molecule has 0 amide bonds. The minimum atomic E-state index is -0.166. The lowest BCUT2D eigenvalue weighted by molar-refractivity contribution is -0.143. The topological polar surface area (TPSA) is 46.5 Å². The van der Waals surface area contributed by atoms with E-state index in [1.54, 1.807) is 0 Å². The van der Waals surface area contributed by atoms with Crippen LogP contribution in [0, 0.1) is 5.92 Å². The molecule has 0 aliphatic carbocycles. The molecule has 0 aromatic carbocycles. The van der Waals surface area contributed by atoms with Gasteiger partial charge in [0.05, 0.1) is 6.61 Å². The average Bonchev–Trinajstić information content (AvgIpc) is 2.47. The Bertz CT molecular complexity index is 295. The van der Waals surface area contributed by atoms with Gasteiger partial charge in [0.1, 0.15) is 0 Å². The van der Waals surface area contributed by atoms with Crippen LogP contribution in [0.5, 0.6) is 0 Å². The van der Waals surface area contributed by atoms with Crippen molar-refractivity contribution in [3.05, 3.63) is 24.3 Å². The Morgan fingerprint density at radius 2 is 1.81 bits per heavy atom. The van der Waals surface area contributed by atoms with Crippen molar-refractivity contribution in [1.29, 1.82) is 0 Å². The summed E-state index contributed by atoms with van der Waals surface area (Å²) >= 11 is 0. The van der Waals surface area contributed by atoms with Crippen LogP contribution in [0.3, 0.4) is 0 Å². The molecule has 0 spiro atoms. The lowest BCUT2D eigenvalue weighted by atomic mass is 10.1. The number of hydrogen-bond donors (Lipinski definition) is 1. The summed E-state index contributed by atoms with van der Waals surface area (Å²) in [6.07, 6.45) is 16.2. The molecule has 0 aromatic heterocycles. The summed E-state index contributed by atoms with van der Waals surface area (Å²) < 4.78 is 5.11. The molecule has 0 saturated heterocycles. The van der Waals surface area contributed by atoms with Gasteiger partial charge in [0, 0.05) is 13.0 Å². The Morgan fingerprint density at radius 1 is 1.10 bits per heavy atom. The molecule has 21 heavy (non-hydrogen) atoms. The highest BCUT2D eigenvalue weighted by molar-refractivity contribution is 5.69. The Hall–Kier alpha value is -1.09. The fourth-order valence-corrected chi connectivity index (χ4v) is 1.89. The quantitative estimate of drug-likeness (QED) is 0.311. The number of aliphatic hydroxyl groups excluding tert-OH is 1. The lowest BCUT2D eigenvalue weighted by Crippen LogP contribution is -2.05. The number of carbonyl (C=O) groups is 1. The smallest absolute Gasteiger partial charge is 0.305 e. The van der Waals surface area contributed by atoms with Gasteiger partial charge >= 0.3 is 5.97 Å². The van der Waals surface area contributed by atoms with E-state index in [0.29, 0.717) is 31.8 Å². The van der Waals surface area contributed by atoms with Gasteiger partial charge in [-0.25, -0.2) is 0 Å². The van der Waals surface area contributed by atoms with Gasteiger partial charge in [-0.05, 0) is 38.0 Å². The van der Waals surface area contributed by atoms with E-state index >= 15 is 0 Å². The zero-order valence-electron chi connectivity index (χ0n) is 13.7. The third-order valence-corrected chi connectivity index (χ3v) is 3.19. The fourth-order valence-electron chi connectivity index (χ4n) is 1.89. The highest BCUT2D eigenvalue weighted by Gasteiger charge is 2.00. The summed E-state index contributed by atoms with van der Waals surface area (Å²) in [5, 5.41) is 8.61. The second-order valence-electron chi connectivity index (χ2n) is 5.40. The first-order valence-corrected chi connectivity index (χ1v) is 8.30. The van der Waals surface area contributed by atoms with Crippen LogP contribution >= 0.6 is 0 Å². The molecule has 0 heterocycles. The molecule has 0 bridgehead atoms. The van der Waals surface area contributed by atoms with Crippen LogP contribution in [0.1, 0.15) is 65.2 Å². The SMILES string of the molecule is CCCCC/C=C\[C@@H](C)/C=C\CCOC(=O)CCCCO. The summed E-state index contributed by atoms with van der Waals surface area (Å²) in [7, 11) is 0. The van der Waals surface area contributed by atoms with E-state index < -0.39 is 0 Å². The molecule has 3 nitrogen and oxygen atoms in total. The Kier molecular flexibility index (Phi) is 14.5. The van der Waals surface area contributed by atoms with E-state index in [1.165, 1.54) is 19.3 Å². The van der Waals surface area contributed by atoms with E-state index in [-0.39, 0.29) is 12.6 Å². The van der Waals surface area contributed by atoms with E-state index in [4.69, 9.17) is 9.84 Å². The van der Waals surface area contributed by atoms with Crippen LogP contribution in [0.15, 0.2) is 24.3 Å². The van der Waals surface area contributed by atoms with Crippen LogP contribution in [0.4, 0.5) is 0 Å². The van der Waals surface area contributed by atoms with Crippen molar-refractivity contribution in [3.8, 4) is 0 Å². The molecule has 0 radical (unpaired) electrons. The van der Waals surface area contributed by atoms with Gasteiger partial charge in [0.2, 0.25) is 0 Å². The summed E-state index contributed by atoms with van der Waals surface area (Å²) in [6, 6.07) is 0. The number of hydrogen-bond acceptors (Lipinski definition) is 3. The van der Waals surface area contributed by atoms with E-state index in [9.17, 15) is 4.79 Å². The molecule has 0 unspecified atom stereocenters. The Labute approximate surface area is 130 Å². The van der Waals surface area contributed by atoms with Gasteiger partial charge in [-0.1, -0.05) is 51.0 Å². The molecule has 3 heteroatoms. The maximum absolute atomic E-state index is 11.3. The molecular formula is C18H32O3. The number of aliphatic hydroxyl groups is 1. The standard InChI is InChI=1S/C18H32O3/c1-3-4-5-6-7-12-17(2)13-9-11-16-21-18(20)14-8-10-15-19/h7,9,12-13,17,19H,3-6,8,10-11,14-16H2,1-2H3/b12-7-,13-9-/t17-/m1/s1. The number of allylic oxidation sites excluding steroid dienone is 3. The number of ether oxygens (including phenoxy) is 1. The van der Waals surface area contributed by atoms with Gasteiger partial charge in [-0.3, -0.25) is 4.79 Å². The summed E-state index contributed by atoms with van der Waals surface area (Å²) in [5.41, 5.74) is 0. The Balaban J connectivity index is 3.55. The molecule has 0 aromatic rings. The van der Waals surface area contributed by atoms with Crippen molar-refractivity contribution in [2.75, 3.05) is 13.2 Å². The minimum absolute atomic E-state index is 0.139. The minimum Gasteiger partial charge on any atom is -0.465 e. The third-order valence-electron chi connectivity index (χ3n) is 3.19. The number of carbonyl (C=O) groups excluding carboxylic acids is 1. The average molecular weight is 296 g/mol. The van der Waals surface area contributed by atoms with Crippen LogP contribution in [0.25, 0.3) is 0 Å². The van der Waals surface area contributed by atoms with Gasteiger partial charge in [0.25, 0.3) is 0 Å². The van der Waals surface area contributed by atoms with Crippen LogP contribution < -0.4 is 0 Å². The van der Waals surface area contributed by atoms with Gasteiger partial charge < -0.3 is 9.84 Å². The maximum Gasteiger partial charge on any atom is 0.305 e. The lowest BCUT2D eigenvalue weighted by Gasteiger charge is -2.02. The van der Waals surface area contributed by atoms with E-state index in [1.807, 2.05) is 0 Å². The summed E-state index contributed by atoms with van der Waals surface area (Å²) in [5.74, 6) is 0.271. The molecule has 0 saturated carbocycles. The molecular weight excluding hydrogens is 264 g/mol. The first kappa shape index (κ1) is 19.9. The van der Waals surface area contributed by atoms with Crippen LogP contribution in [-0.2, 0) is 9.53 Å².